The Labute approximate surface area is 146 Å². The molecular weight excluding hydrogens is 320 g/mol. The molecule has 2 rings (SSSR count). The van der Waals surface area contributed by atoms with Crippen LogP contribution in [0, 0.1) is 0 Å². The van der Waals surface area contributed by atoms with Crippen LogP contribution in [0.15, 0.2) is 66.3 Å². The first-order valence-electron chi connectivity index (χ1n) is 8.07. The normalized spacial score (nSPS) is 14.2. The zero-order chi connectivity index (χ0) is 17.9. The van der Waals surface area contributed by atoms with Crippen molar-refractivity contribution in [2.75, 3.05) is 13.2 Å². The number of benzene rings is 1. The quantitative estimate of drug-likeness (QED) is 0.705. The lowest BCUT2D eigenvalue weighted by Gasteiger charge is -2.16. The van der Waals surface area contributed by atoms with Crippen LogP contribution in [0.4, 0.5) is 4.79 Å². The molecule has 1 aliphatic rings. The molecule has 25 heavy (non-hydrogen) atoms. The van der Waals surface area contributed by atoms with Gasteiger partial charge in [-0.15, -0.1) is 0 Å². The van der Waals surface area contributed by atoms with E-state index in [1.165, 1.54) is 0 Å². The summed E-state index contributed by atoms with van der Waals surface area (Å²) in [6.07, 6.45) is 9.78. The van der Waals surface area contributed by atoms with Gasteiger partial charge in [-0.05, 0) is 17.6 Å². The van der Waals surface area contributed by atoms with Gasteiger partial charge in [0.2, 0.25) is 5.91 Å². The van der Waals surface area contributed by atoms with Gasteiger partial charge in [-0.2, -0.15) is 0 Å². The van der Waals surface area contributed by atoms with Crippen molar-refractivity contribution >= 4 is 12.0 Å². The third-order valence-corrected chi connectivity index (χ3v) is 3.54. The van der Waals surface area contributed by atoms with E-state index in [4.69, 9.17) is 4.74 Å². The number of amides is 2. The summed E-state index contributed by atoms with van der Waals surface area (Å²) in [6.45, 7) is -0.0892. The van der Waals surface area contributed by atoms with Gasteiger partial charge in [-0.1, -0.05) is 60.7 Å². The molecule has 0 spiro atoms. The number of alkyl carbamates (subject to hydrolysis) is 1. The molecule has 0 saturated carbocycles. The van der Waals surface area contributed by atoms with Crippen LogP contribution < -0.4 is 10.6 Å². The van der Waals surface area contributed by atoms with Crippen LogP contribution in [-0.2, 0) is 16.1 Å². The minimum atomic E-state index is -1.06. The van der Waals surface area contributed by atoms with Gasteiger partial charge in [-0.3, -0.25) is 4.79 Å². The van der Waals surface area contributed by atoms with E-state index >= 15 is 0 Å². The second-order valence-corrected chi connectivity index (χ2v) is 5.46. The van der Waals surface area contributed by atoms with Crippen molar-refractivity contribution < 1.29 is 19.4 Å². The summed E-state index contributed by atoms with van der Waals surface area (Å²) >= 11 is 0. The number of aliphatic hydroxyl groups is 1. The first-order valence-corrected chi connectivity index (χ1v) is 8.07. The maximum Gasteiger partial charge on any atom is 0.408 e. The summed E-state index contributed by atoms with van der Waals surface area (Å²) < 4.78 is 5.05. The zero-order valence-corrected chi connectivity index (χ0v) is 13.9. The molecule has 6 heteroatoms. The van der Waals surface area contributed by atoms with E-state index in [9.17, 15) is 14.7 Å². The Morgan fingerprint density at radius 2 is 2.00 bits per heavy atom. The monoisotopic (exact) mass is 342 g/mol. The van der Waals surface area contributed by atoms with Crippen molar-refractivity contribution in [3.63, 3.8) is 0 Å². The van der Waals surface area contributed by atoms with E-state index in [0.29, 0.717) is 6.54 Å². The summed E-state index contributed by atoms with van der Waals surface area (Å²) in [5.74, 6) is -0.467. The van der Waals surface area contributed by atoms with Crippen LogP contribution in [0.1, 0.15) is 12.0 Å². The fraction of sp³-hybridized carbons (Fsp3) is 0.263. The Morgan fingerprint density at radius 1 is 1.20 bits per heavy atom. The molecule has 0 radical (unpaired) electrons. The van der Waals surface area contributed by atoms with Crippen LogP contribution in [0.25, 0.3) is 0 Å². The molecule has 1 unspecified atom stereocenters. The molecule has 0 bridgehead atoms. The molecule has 1 aromatic carbocycles. The number of aliphatic hydroxyl groups excluding tert-OH is 1. The summed E-state index contributed by atoms with van der Waals surface area (Å²) in [7, 11) is 0. The third-order valence-electron chi connectivity index (χ3n) is 3.54. The molecule has 1 aliphatic carbocycles. The van der Waals surface area contributed by atoms with Crippen LogP contribution in [0.3, 0.4) is 0 Å². The smallest absolute Gasteiger partial charge is 0.408 e. The standard InChI is InChI=1S/C19H22N2O4/c22-13-17(18(23)20-12-15-8-4-1-2-5-9-15)21-19(24)25-14-16-10-6-3-7-11-16/h1-4,6-11,17,22H,5,12-14H2,(H,20,23)(H,21,24). The highest BCUT2D eigenvalue weighted by atomic mass is 16.5. The maximum atomic E-state index is 12.1. The number of allylic oxidation sites excluding steroid dienone is 4. The Morgan fingerprint density at radius 3 is 2.76 bits per heavy atom. The Bertz CT molecular complexity index is 665. The molecular formula is C19H22N2O4. The minimum Gasteiger partial charge on any atom is -0.445 e. The summed E-state index contributed by atoms with van der Waals surface area (Å²) in [6, 6.07) is 8.14. The van der Waals surface area contributed by atoms with Gasteiger partial charge in [0.25, 0.3) is 0 Å². The summed E-state index contributed by atoms with van der Waals surface area (Å²) in [5.41, 5.74) is 1.80. The van der Waals surface area contributed by atoms with Crippen molar-refractivity contribution in [1.82, 2.24) is 10.6 Å². The van der Waals surface area contributed by atoms with Crippen molar-refractivity contribution in [3.05, 3.63) is 71.8 Å². The first kappa shape index (κ1) is 18.5. The number of carbonyl (C=O) groups excluding carboxylic acids is 2. The molecule has 1 aromatic rings. The summed E-state index contributed by atoms with van der Waals surface area (Å²) in [5, 5.41) is 14.4. The van der Waals surface area contributed by atoms with E-state index in [2.05, 4.69) is 10.6 Å². The molecule has 3 N–H and O–H groups in total. The fourth-order valence-corrected chi connectivity index (χ4v) is 2.17. The molecule has 6 nitrogen and oxygen atoms in total. The highest BCUT2D eigenvalue weighted by Crippen LogP contribution is 2.04. The first-order chi connectivity index (χ1) is 12.2. The van der Waals surface area contributed by atoms with E-state index in [1.54, 1.807) is 0 Å². The third kappa shape index (κ3) is 6.64. The minimum absolute atomic E-state index is 0.0944. The predicted octanol–water partition coefficient (Wildman–Crippen LogP) is 1.83. The number of rotatable bonds is 7. The van der Waals surface area contributed by atoms with Crippen molar-refractivity contribution in [3.8, 4) is 0 Å². The highest BCUT2D eigenvalue weighted by Gasteiger charge is 2.20. The number of ether oxygens (including phenoxy) is 1. The zero-order valence-electron chi connectivity index (χ0n) is 13.9. The van der Waals surface area contributed by atoms with Crippen molar-refractivity contribution in [2.45, 2.75) is 19.1 Å². The van der Waals surface area contributed by atoms with Gasteiger partial charge in [0.15, 0.2) is 0 Å². The second kappa shape index (κ2) is 10.1. The average molecular weight is 342 g/mol. The molecule has 0 aromatic heterocycles. The fourth-order valence-electron chi connectivity index (χ4n) is 2.17. The molecule has 132 valence electrons. The molecule has 0 fully saturated rings. The molecule has 2 amide bonds. The average Bonchev–Trinajstić information content (AvgIpc) is 2.92. The largest absolute Gasteiger partial charge is 0.445 e. The Hall–Kier alpha value is -2.86. The second-order valence-electron chi connectivity index (χ2n) is 5.46. The lowest BCUT2D eigenvalue weighted by atomic mass is 10.2. The van der Waals surface area contributed by atoms with Crippen LogP contribution >= 0.6 is 0 Å². The van der Waals surface area contributed by atoms with Crippen LogP contribution in [0.2, 0.25) is 0 Å². The molecule has 0 aliphatic heterocycles. The predicted molar refractivity (Wildman–Crippen MR) is 94.6 cm³/mol. The SMILES string of the molecule is O=C(NC(CO)C(=O)NCC1=CCC=CC=C1)OCc1ccccc1. The Balaban J connectivity index is 1.76. The molecule has 1 atom stereocenters. The highest BCUT2D eigenvalue weighted by molar-refractivity contribution is 5.85. The van der Waals surface area contributed by atoms with Gasteiger partial charge in [-0.25, -0.2) is 4.79 Å². The number of nitrogens with one attached hydrogen (secondary N) is 2. The van der Waals surface area contributed by atoms with E-state index in [0.717, 1.165) is 17.6 Å². The summed E-state index contributed by atoms with van der Waals surface area (Å²) in [4.78, 5) is 23.9. The van der Waals surface area contributed by atoms with Crippen LogP contribution in [0.5, 0.6) is 0 Å². The van der Waals surface area contributed by atoms with Gasteiger partial charge < -0.3 is 20.5 Å². The maximum absolute atomic E-state index is 12.1. The Kier molecular flexibility index (Phi) is 7.46. The lowest BCUT2D eigenvalue weighted by Crippen LogP contribution is -2.49. The van der Waals surface area contributed by atoms with E-state index in [-0.39, 0.29) is 6.61 Å². The number of carbonyl (C=O) groups is 2. The number of hydrogen-bond acceptors (Lipinski definition) is 4. The van der Waals surface area contributed by atoms with E-state index in [1.807, 2.05) is 60.7 Å². The van der Waals surface area contributed by atoms with Gasteiger partial charge >= 0.3 is 6.09 Å². The topological polar surface area (TPSA) is 87.7 Å². The van der Waals surface area contributed by atoms with Gasteiger partial charge in [0.05, 0.1) is 6.61 Å². The van der Waals surface area contributed by atoms with E-state index < -0.39 is 24.6 Å². The molecule has 0 heterocycles. The van der Waals surface area contributed by atoms with Gasteiger partial charge in [0.1, 0.15) is 12.6 Å². The molecule has 0 saturated heterocycles. The number of hydrogen-bond donors (Lipinski definition) is 3. The van der Waals surface area contributed by atoms with Crippen molar-refractivity contribution in [1.29, 1.82) is 0 Å². The lowest BCUT2D eigenvalue weighted by molar-refractivity contribution is -0.123. The van der Waals surface area contributed by atoms with Crippen LogP contribution in [-0.4, -0.2) is 36.3 Å². The van der Waals surface area contributed by atoms with Gasteiger partial charge in [0, 0.05) is 6.54 Å². The van der Waals surface area contributed by atoms with Crippen molar-refractivity contribution in [2.24, 2.45) is 0 Å².